The number of hydrogen-bond acceptors (Lipinski definition) is 9. The van der Waals surface area contributed by atoms with Crippen LogP contribution in [0.3, 0.4) is 0 Å². The Hall–Kier alpha value is -2.65. The van der Waals surface area contributed by atoms with Gasteiger partial charge in [-0.1, -0.05) is 0 Å². The zero-order valence-corrected chi connectivity index (χ0v) is 12.9. The van der Waals surface area contributed by atoms with Gasteiger partial charge in [-0.05, 0) is 13.8 Å². The molecule has 1 aliphatic heterocycles. The van der Waals surface area contributed by atoms with Crippen LogP contribution >= 0.6 is 0 Å². The van der Waals surface area contributed by atoms with Crippen LogP contribution < -0.4 is 11.5 Å². The fraction of sp³-hybridized carbons (Fsp3) is 0.357. The Morgan fingerprint density at radius 1 is 1.00 bits per heavy atom. The summed E-state index contributed by atoms with van der Waals surface area (Å²) in [5.74, 6) is -0.840. The zero-order valence-electron chi connectivity index (χ0n) is 12.9. The highest BCUT2D eigenvalue weighted by Crippen LogP contribution is 2.33. The first-order chi connectivity index (χ1) is 10.9. The lowest BCUT2D eigenvalue weighted by atomic mass is 10.1. The van der Waals surface area contributed by atoms with Crippen molar-refractivity contribution in [1.82, 2.24) is 20.4 Å². The van der Waals surface area contributed by atoms with E-state index in [9.17, 15) is 4.79 Å². The van der Waals surface area contributed by atoms with Gasteiger partial charge in [0.1, 0.15) is 0 Å². The molecule has 0 bridgehead atoms. The van der Waals surface area contributed by atoms with E-state index in [0.29, 0.717) is 30.2 Å². The fourth-order valence-corrected chi connectivity index (χ4v) is 2.00. The molecule has 0 amide bonds. The molecule has 1 aliphatic rings. The van der Waals surface area contributed by atoms with Gasteiger partial charge in [-0.2, -0.15) is 20.4 Å². The largest absolute Gasteiger partial charge is 0.397 e. The number of anilines is 2. The molecule has 0 saturated carbocycles. The molecule has 0 spiro atoms. The molecule has 3 rings (SSSR count). The van der Waals surface area contributed by atoms with Crippen LogP contribution in [0.15, 0.2) is 24.8 Å². The minimum absolute atomic E-state index is 0.0904. The first-order valence-electron chi connectivity index (χ1n) is 6.85. The molecule has 122 valence electrons. The van der Waals surface area contributed by atoms with Gasteiger partial charge in [-0.25, -0.2) is 0 Å². The molecule has 1 saturated heterocycles. The topological polar surface area (TPSA) is 139 Å². The number of carbonyl (C=O) groups excluding carboxylic acids is 1. The van der Waals surface area contributed by atoms with E-state index >= 15 is 0 Å². The number of carbonyl (C=O) groups is 1. The predicted molar refractivity (Wildman–Crippen MR) is 82.1 cm³/mol. The van der Waals surface area contributed by atoms with E-state index < -0.39 is 5.79 Å². The number of aromatic nitrogens is 4. The lowest BCUT2D eigenvalue weighted by Gasteiger charge is -2.22. The Balaban J connectivity index is 0.000000174. The smallest absolute Gasteiger partial charge is 0.195 e. The highest BCUT2D eigenvalue weighted by atomic mass is 16.7. The molecule has 0 atom stereocenters. The molecule has 2 aromatic heterocycles. The van der Waals surface area contributed by atoms with Gasteiger partial charge in [0.25, 0.3) is 0 Å². The SMILES string of the molecule is CC(=O)c1cnncc1N.CC1(c2cnncc2N)OCCO1. The minimum Gasteiger partial charge on any atom is -0.397 e. The quantitative estimate of drug-likeness (QED) is 0.759. The Morgan fingerprint density at radius 3 is 2.00 bits per heavy atom. The van der Waals surface area contributed by atoms with Crippen LogP contribution in [0.2, 0.25) is 0 Å². The zero-order chi connectivity index (χ0) is 16.9. The number of nitrogens with zero attached hydrogens (tertiary/aromatic N) is 4. The average Bonchev–Trinajstić information content (AvgIpc) is 2.96. The van der Waals surface area contributed by atoms with Gasteiger partial charge in [0, 0.05) is 0 Å². The highest BCUT2D eigenvalue weighted by Gasteiger charge is 2.35. The van der Waals surface area contributed by atoms with Crippen LogP contribution in [0, 0.1) is 0 Å². The third-order valence-corrected chi connectivity index (χ3v) is 3.23. The molecule has 0 aliphatic carbocycles. The van der Waals surface area contributed by atoms with Crippen molar-refractivity contribution >= 4 is 17.2 Å². The molecule has 2 aromatic rings. The summed E-state index contributed by atoms with van der Waals surface area (Å²) in [6.45, 7) is 4.43. The van der Waals surface area contributed by atoms with Crippen molar-refractivity contribution in [3.8, 4) is 0 Å². The summed E-state index contributed by atoms with van der Waals surface area (Å²) < 4.78 is 10.9. The van der Waals surface area contributed by atoms with Gasteiger partial charge in [0.05, 0.1) is 60.5 Å². The van der Waals surface area contributed by atoms with Crippen LogP contribution in [0.1, 0.15) is 29.8 Å². The average molecular weight is 318 g/mol. The van der Waals surface area contributed by atoms with Crippen molar-refractivity contribution in [2.75, 3.05) is 24.7 Å². The number of ketones is 1. The van der Waals surface area contributed by atoms with Crippen molar-refractivity contribution in [2.45, 2.75) is 19.6 Å². The van der Waals surface area contributed by atoms with E-state index in [1.54, 1.807) is 6.20 Å². The summed E-state index contributed by atoms with van der Waals surface area (Å²) in [6, 6.07) is 0. The Morgan fingerprint density at radius 2 is 1.52 bits per heavy atom. The number of rotatable bonds is 2. The monoisotopic (exact) mass is 318 g/mol. The summed E-state index contributed by atoms with van der Waals surface area (Å²) in [7, 11) is 0. The summed E-state index contributed by atoms with van der Waals surface area (Å²) in [5.41, 5.74) is 13.2. The van der Waals surface area contributed by atoms with Crippen LogP contribution in [0.4, 0.5) is 11.4 Å². The van der Waals surface area contributed by atoms with E-state index in [1.807, 2.05) is 6.92 Å². The van der Waals surface area contributed by atoms with Crippen molar-refractivity contribution < 1.29 is 14.3 Å². The standard InChI is InChI=1S/C8H11N3O2.C6H7N3O/c1-8(12-2-3-13-8)6-4-10-11-5-7(6)9;1-4(10)5-2-8-9-3-6(5)7/h4-5H,2-3H2,1H3,(H2,9,10);2-3H,1H3,(H2,7,8). The molecule has 23 heavy (non-hydrogen) atoms. The molecule has 4 N–H and O–H groups in total. The molecular formula is C14H18N6O3. The highest BCUT2D eigenvalue weighted by molar-refractivity contribution is 5.98. The number of Topliss-reactive ketones (excluding diaryl/α,β-unsaturated/α-hetero) is 1. The molecular weight excluding hydrogens is 300 g/mol. The third-order valence-electron chi connectivity index (χ3n) is 3.23. The number of nitrogens with two attached hydrogens (primary N) is 2. The van der Waals surface area contributed by atoms with Gasteiger partial charge < -0.3 is 20.9 Å². The molecule has 0 aromatic carbocycles. The van der Waals surface area contributed by atoms with Crippen LogP contribution in [-0.2, 0) is 15.3 Å². The van der Waals surface area contributed by atoms with Gasteiger partial charge >= 0.3 is 0 Å². The van der Waals surface area contributed by atoms with Crippen LogP contribution in [0.5, 0.6) is 0 Å². The van der Waals surface area contributed by atoms with Crippen LogP contribution in [-0.4, -0.2) is 39.4 Å². The van der Waals surface area contributed by atoms with E-state index in [0.717, 1.165) is 5.56 Å². The summed E-state index contributed by atoms with van der Waals surface area (Å²) in [6.07, 6.45) is 5.78. The molecule has 0 unspecified atom stereocenters. The fourth-order valence-electron chi connectivity index (χ4n) is 2.00. The molecule has 3 heterocycles. The number of ether oxygens (including phenoxy) is 2. The second-order valence-corrected chi connectivity index (χ2v) is 4.92. The Bertz CT molecular complexity index is 688. The van der Waals surface area contributed by atoms with Crippen molar-refractivity contribution in [3.05, 3.63) is 35.9 Å². The normalized spacial score (nSPS) is 15.6. The summed E-state index contributed by atoms with van der Waals surface area (Å²) in [5, 5.41) is 14.4. The third kappa shape index (κ3) is 3.96. The predicted octanol–water partition coefficient (Wildman–Crippen LogP) is 0.540. The first-order valence-corrected chi connectivity index (χ1v) is 6.85. The van der Waals surface area contributed by atoms with Gasteiger partial charge in [-0.15, -0.1) is 0 Å². The number of hydrogen-bond donors (Lipinski definition) is 2. The van der Waals surface area contributed by atoms with Gasteiger partial charge in [0.2, 0.25) is 0 Å². The molecule has 9 nitrogen and oxygen atoms in total. The maximum atomic E-state index is 10.7. The second-order valence-electron chi connectivity index (χ2n) is 4.92. The van der Waals surface area contributed by atoms with Crippen molar-refractivity contribution in [2.24, 2.45) is 0 Å². The number of nitrogen functional groups attached to an aromatic ring is 2. The van der Waals surface area contributed by atoms with E-state index in [4.69, 9.17) is 20.9 Å². The van der Waals surface area contributed by atoms with E-state index in [1.165, 1.54) is 25.5 Å². The summed E-state index contributed by atoms with van der Waals surface area (Å²) in [4.78, 5) is 10.7. The summed E-state index contributed by atoms with van der Waals surface area (Å²) >= 11 is 0. The molecule has 0 radical (unpaired) electrons. The minimum atomic E-state index is -0.750. The Kier molecular flexibility index (Phi) is 5.14. The van der Waals surface area contributed by atoms with Crippen LogP contribution in [0.25, 0.3) is 0 Å². The van der Waals surface area contributed by atoms with Crippen molar-refractivity contribution in [1.29, 1.82) is 0 Å². The van der Waals surface area contributed by atoms with E-state index in [2.05, 4.69) is 20.4 Å². The lowest BCUT2D eigenvalue weighted by molar-refractivity contribution is -0.149. The van der Waals surface area contributed by atoms with Gasteiger partial charge in [-0.3, -0.25) is 4.79 Å². The molecule has 9 heteroatoms. The first kappa shape index (κ1) is 16.7. The van der Waals surface area contributed by atoms with Crippen molar-refractivity contribution in [3.63, 3.8) is 0 Å². The lowest BCUT2D eigenvalue weighted by Crippen LogP contribution is -2.24. The molecule has 1 fully saturated rings. The van der Waals surface area contributed by atoms with Gasteiger partial charge in [0.15, 0.2) is 11.6 Å². The van der Waals surface area contributed by atoms with E-state index in [-0.39, 0.29) is 5.78 Å². The maximum Gasteiger partial charge on any atom is 0.195 e. The second kappa shape index (κ2) is 7.07. The maximum absolute atomic E-state index is 10.7. The Labute approximate surface area is 133 Å².